The van der Waals surface area contributed by atoms with Gasteiger partial charge >= 0.3 is 0 Å². The lowest BCUT2D eigenvalue weighted by molar-refractivity contribution is -0.116. The maximum absolute atomic E-state index is 13.9. The van der Waals surface area contributed by atoms with E-state index in [1.54, 1.807) is 42.2 Å². The highest BCUT2D eigenvalue weighted by Crippen LogP contribution is 2.24. The highest BCUT2D eigenvalue weighted by Gasteiger charge is 2.14. The van der Waals surface area contributed by atoms with Gasteiger partial charge in [-0.05, 0) is 31.5 Å². The van der Waals surface area contributed by atoms with Gasteiger partial charge < -0.3 is 5.32 Å². The Labute approximate surface area is 138 Å². The predicted octanol–water partition coefficient (Wildman–Crippen LogP) is 2.68. The van der Waals surface area contributed by atoms with Crippen LogP contribution >= 0.6 is 0 Å². The SMILES string of the molecule is Cc1cc(NC(=O)Cn2cc(C)c(-c3ccccc3F)n2)n(C)n1. The van der Waals surface area contributed by atoms with Gasteiger partial charge in [0.05, 0.1) is 11.4 Å². The minimum Gasteiger partial charge on any atom is -0.309 e. The number of aryl methyl sites for hydroxylation is 3. The Morgan fingerprint density at radius 1 is 1.25 bits per heavy atom. The van der Waals surface area contributed by atoms with Crippen molar-refractivity contribution in [2.24, 2.45) is 7.05 Å². The molecule has 2 heterocycles. The second-order valence-electron chi connectivity index (χ2n) is 5.68. The summed E-state index contributed by atoms with van der Waals surface area (Å²) in [6.45, 7) is 3.74. The molecule has 0 fully saturated rings. The molecule has 124 valence electrons. The molecule has 3 aromatic rings. The van der Waals surface area contributed by atoms with Gasteiger partial charge in [-0.2, -0.15) is 10.2 Å². The van der Waals surface area contributed by atoms with E-state index >= 15 is 0 Å². The molecule has 24 heavy (non-hydrogen) atoms. The summed E-state index contributed by atoms with van der Waals surface area (Å²) < 4.78 is 17.0. The maximum atomic E-state index is 13.9. The van der Waals surface area contributed by atoms with Gasteiger partial charge in [0.15, 0.2) is 0 Å². The molecule has 0 unspecified atom stereocenters. The number of anilines is 1. The third-order valence-electron chi connectivity index (χ3n) is 3.65. The van der Waals surface area contributed by atoms with Gasteiger partial charge in [0.25, 0.3) is 0 Å². The first-order chi connectivity index (χ1) is 11.4. The molecular formula is C17H18FN5O. The average molecular weight is 327 g/mol. The van der Waals surface area contributed by atoms with Crippen molar-refractivity contribution < 1.29 is 9.18 Å². The number of hydrogen-bond acceptors (Lipinski definition) is 3. The lowest BCUT2D eigenvalue weighted by Gasteiger charge is -2.05. The second kappa shape index (κ2) is 6.27. The Balaban J connectivity index is 1.77. The van der Waals surface area contributed by atoms with Crippen molar-refractivity contribution in [2.75, 3.05) is 5.32 Å². The van der Waals surface area contributed by atoms with Gasteiger partial charge in [0.1, 0.15) is 18.2 Å². The first kappa shape index (κ1) is 15.9. The molecule has 0 aliphatic heterocycles. The van der Waals surface area contributed by atoms with Gasteiger partial charge in [-0.15, -0.1) is 0 Å². The number of rotatable bonds is 4. The lowest BCUT2D eigenvalue weighted by Crippen LogP contribution is -2.20. The van der Waals surface area contributed by atoms with Crippen LogP contribution in [0.3, 0.4) is 0 Å². The van der Waals surface area contributed by atoms with E-state index in [4.69, 9.17) is 0 Å². The van der Waals surface area contributed by atoms with E-state index in [1.807, 2.05) is 13.8 Å². The van der Waals surface area contributed by atoms with Crippen LogP contribution in [0.5, 0.6) is 0 Å². The van der Waals surface area contributed by atoms with E-state index in [0.717, 1.165) is 11.3 Å². The summed E-state index contributed by atoms with van der Waals surface area (Å²) in [6.07, 6.45) is 1.73. The quantitative estimate of drug-likeness (QED) is 0.801. The van der Waals surface area contributed by atoms with E-state index < -0.39 is 0 Å². The van der Waals surface area contributed by atoms with Crippen molar-refractivity contribution >= 4 is 11.7 Å². The topological polar surface area (TPSA) is 64.7 Å². The average Bonchev–Trinajstić information content (AvgIpc) is 3.01. The monoisotopic (exact) mass is 327 g/mol. The Hall–Kier alpha value is -2.96. The van der Waals surface area contributed by atoms with E-state index in [2.05, 4.69) is 15.5 Å². The summed E-state index contributed by atoms with van der Waals surface area (Å²) >= 11 is 0. The van der Waals surface area contributed by atoms with Crippen molar-refractivity contribution in [3.8, 4) is 11.3 Å². The van der Waals surface area contributed by atoms with Crippen LogP contribution in [0.2, 0.25) is 0 Å². The van der Waals surface area contributed by atoms with Crippen LogP contribution < -0.4 is 5.32 Å². The number of amides is 1. The summed E-state index contributed by atoms with van der Waals surface area (Å²) in [4.78, 5) is 12.2. The molecule has 0 bridgehead atoms. The molecular weight excluding hydrogens is 309 g/mol. The van der Waals surface area contributed by atoms with Crippen LogP contribution in [0.1, 0.15) is 11.3 Å². The van der Waals surface area contributed by atoms with Crippen LogP contribution in [0, 0.1) is 19.7 Å². The molecule has 0 aliphatic carbocycles. The molecule has 0 atom stereocenters. The molecule has 1 N–H and O–H groups in total. The molecule has 0 saturated carbocycles. The fourth-order valence-corrected chi connectivity index (χ4v) is 2.58. The van der Waals surface area contributed by atoms with Crippen molar-refractivity contribution in [3.63, 3.8) is 0 Å². The zero-order chi connectivity index (χ0) is 17.3. The Morgan fingerprint density at radius 3 is 2.67 bits per heavy atom. The molecule has 1 amide bonds. The first-order valence-electron chi connectivity index (χ1n) is 7.53. The number of aromatic nitrogens is 4. The van der Waals surface area contributed by atoms with E-state index in [1.165, 1.54) is 10.7 Å². The van der Waals surface area contributed by atoms with Gasteiger partial charge in [-0.25, -0.2) is 4.39 Å². The number of nitrogens with zero attached hydrogens (tertiary/aromatic N) is 4. The molecule has 0 saturated heterocycles. The van der Waals surface area contributed by atoms with Crippen LogP contribution in [0.4, 0.5) is 10.2 Å². The fraction of sp³-hybridized carbons (Fsp3) is 0.235. The highest BCUT2D eigenvalue weighted by atomic mass is 19.1. The number of benzene rings is 1. The van der Waals surface area contributed by atoms with Gasteiger partial charge in [0.2, 0.25) is 5.91 Å². The largest absolute Gasteiger partial charge is 0.309 e. The van der Waals surface area contributed by atoms with E-state index in [0.29, 0.717) is 17.1 Å². The zero-order valence-corrected chi connectivity index (χ0v) is 13.7. The molecule has 7 heteroatoms. The Morgan fingerprint density at radius 2 is 2.00 bits per heavy atom. The summed E-state index contributed by atoms with van der Waals surface area (Å²) in [5.74, 6) is 0.0666. The number of carbonyl (C=O) groups excluding carboxylic acids is 1. The van der Waals surface area contributed by atoms with Gasteiger partial charge in [-0.1, -0.05) is 12.1 Å². The molecule has 6 nitrogen and oxygen atoms in total. The summed E-state index contributed by atoms with van der Waals surface area (Å²) in [7, 11) is 1.76. The van der Waals surface area contributed by atoms with Crippen molar-refractivity contribution in [1.82, 2.24) is 19.6 Å². The molecule has 1 aromatic carbocycles. The Bertz CT molecular complexity index is 896. The van der Waals surface area contributed by atoms with Crippen LogP contribution in [0.25, 0.3) is 11.3 Å². The third-order valence-corrected chi connectivity index (χ3v) is 3.65. The molecule has 0 radical (unpaired) electrons. The van der Waals surface area contributed by atoms with E-state index in [9.17, 15) is 9.18 Å². The normalized spacial score (nSPS) is 10.8. The smallest absolute Gasteiger partial charge is 0.247 e. The Kier molecular flexibility index (Phi) is 4.16. The molecule has 3 rings (SSSR count). The zero-order valence-electron chi connectivity index (χ0n) is 13.7. The second-order valence-corrected chi connectivity index (χ2v) is 5.68. The minimum atomic E-state index is -0.333. The summed E-state index contributed by atoms with van der Waals surface area (Å²) in [5.41, 5.74) is 2.60. The van der Waals surface area contributed by atoms with Crippen LogP contribution in [0.15, 0.2) is 36.5 Å². The number of halogens is 1. The third kappa shape index (κ3) is 3.19. The van der Waals surface area contributed by atoms with Crippen LogP contribution in [-0.4, -0.2) is 25.5 Å². The summed E-state index contributed by atoms with van der Waals surface area (Å²) in [6, 6.07) is 8.25. The highest BCUT2D eigenvalue weighted by molar-refractivity contribution is 5.89. The maximum Gasteiger partial charge on any atom is 0.247 e. The molecule has 2 aromatic heterocycles. The number of carbonyl (C=O) groups is 1. The molecule has 0 spiro atoms. The molecule has 0 aliphatic rings. The minimum absolute atomic E-state index is 0.0412. The van der Waals surface area contributed by atoms with Crippen molar-refractivity contribution in [2.45, 2.75) is 20.4 Å². The van der Waals surface area contributed by atoms with Gasteiger partial charge in [0, 0.05) is 24.9 Å². The van der Waals surface area contributed by atoms with Gasteiger partial charge in [-0.3, -0.25) is 14.2 Å². The van der Waals surface area contributed by atoms with E-state index in [-0.39, 0.29) is 18.3 Å². The summed E-state index contributed by atoms with van der Waals surface area (Å²) in [5, 5.41) is 11.3. The lowest BCUT2D eigenvalue weighted by atomic mass is 10.1. The predicted molar refractivity (Wildman–Crippen MR) is 88.9 cm³/mol. The number of nitrogens with one attached hydrogen (secondary N) is 1. The van der Waals surface area contributed by atoms with Crippen molar-refractivity contribution in [1.29, 1.82) is 0 Å². The fourth-order valence-electron chi connectivity index (χ4n) is 2.58. The van der Waals surface area contributed by atoms with Crippen molar-refractivity contribution in [3.05, 3.63) is 53.6 Å². The first-order valence-corrected chi connectivity index (χ1v) is 7.53. The van der Waals surface area contributed by atoms with Crippen LogP contribution in [-0.2, 0) is 18.4 Å². The standard InChI is InChI=1S/C17H18FN5O/c1-11-9-23(21-17(11)13-6-4-5-7-14(13)18)10-16(24)19-15-8-12(2)20-22(15)3/h4-9H,10H2,1-3H3,(H,19,24). The number of hydrogen-bond donors (Lipinski definition) is 1.